The first-order chi connectivity index (χ1) is 10.8. The molecule has 0 saturated carbocycles. The highest BCUT2D eigenvalue weighted by molar-refractivity contribution is 7.17. The van der Waals surface area contributed by atoms with Gasteiger partial charge < -0.3 is 10.1 Å². The van der Waals surface area contributed by atoms with Crippen LogP contribution < -0.4 is 5.32 Å². The predicted octanol–water partition coefficient (Wildman–Crippen LogP) is 4.81. The minimum atomic E-state index is -0.520. The average molecular weight is 331 g/mol. The summed E-state index contributed by atoms with van der Waals surface area (Å²) >= 11 is 1.45. The van der Waals surface area contributed by atoms with Gasteiger partial charge in [0.15, 0.2) is 6.29 Å². The molecule has 1 atom stereocenters. The lowest BCUT2D eigenvalue weighted by Gasteiger charge is -2.22. The van der Waals surface area contributed by atoms with Crippen molar-refractivity contribution in [1.82, 2.24) is 5.32 Å². The zero-order chi connectivity index (χ0) is 17.0. The molecule has 0 unspecified atom stereocenters. The van der Waals surface area contributed by atoms with Crippen LogP contribution >= 0.6 is 11.3 Å². The van der Waals surface area contributed by atoms with E-state index in [4.69, 9.17) is 4.74 Å². The van der Waals surface area contributed by atoms with Gasteiger partial charge in [0.05, 0.1) is 10.9 Å². The van der Waals surface area contributed by atoms with Crippen molar-refractivity contribution in [2.24, 2.45) is 0 Å². The number of rotatable bonds is 4. The predicted molar refractivity (Wildman–Crippen MR) is 92.9 cm³/mol. The smallest absolute Gasteiger partial charge is 0.408 e. The van der Waals surface area contributed by atoms with E-state index in [1.165, 1.54) is 11.3 Å². The lowest BCUT2D eigenvalue weighted by atomic mass is 10.0. The highest BCUT2D eigenvalue weighted by Crippen LogP contribution is 2.29. The van der Waals surface area contributed by atoms with Crippen molar-refractivity contribution in [3.05, 3.63) is 46.8 Å². The van der Waals surface area contributed by atoms with Crippen LogP contribution in [-0.4, -0.2) is 18.0 Å². The van der Waals surface area contributed by atoms with Crippen molar-refractivity contribution in [2.45, 2.75) is 39.3 Å². The zero-order valence-corrected chi connectivity index (χ0v) is 14.6. The molecule has 0 aliphatic heterocycles. The summed E-state index contributed by atoms with van der Waals surface area (Å²) in [6.07, 6.45) is 0.416. The number of amides is 1. The third kappa shape index (κ3) is 4.93. The first kappa shape index (κ1) is 17.2. The Balaban J connectivity index is 2.12. The largest absolute Gasteiger partial charge is 0.444 e. The summed E-state index contributed by atoms with van der Waals surface area (Å²) in [6, 6.07) is 11.5. The number of aldehydes is 1. The van der Waals surface area contributed by atoms with E-state index in [1.54, 1.807) is 0 Å². The summed E-state index contributed by atoms with van der Waals surface area (Å²) in [6.45, 7) is 7.41. The van der Waals surface area contributed by atoms with Gasteiger partial charge in [-0.25, -0.2) is 4.79 Å². The molecule has 0 fully saturated rings. The van der Waals surface area contributed by atoms with E-state index in [0.29, 0.717) is 4.88 Å². The minimum Gasteiger partial charge on any atom is -0.444 e. The van der Waals surface area contributed by atoms with Gasteiger partial charge in [-0.1, -0.05) is 18.2 Å². The zero-order valence-electron chi connectivity index (χ0n) is 13.8. The van der Waals surface area contributed by atoms with Crippen molar-refractivity contribution >= 4 is 23.7 Å². The Morgan fingerprint density at radius 3 is 2.61 bits per heavy atom. The lowest BCUT2D eigenvalue weighted by Crippen LogP contribution is -2.34. The third-order valence-corrected chi connectivity index (χ3v) is 4.21. The van der Waals surface area contributed by atoms with Crippen LogP contribution in [0.25, 0.3) is 10.4 Å². The highest BCUT2D eigenvalue weighted by atomic mass is 32.1. The molecule has 0 radical (unpaired) electrons. The normalized spacial score (nSPS) is 12.5. The summed E-state index contributed by atoms with van der Waals surface area (Å²) in [7, 11) is 0. The van der Waals surface area contributed by atoms with Gasteiger partial charge in [-0.2, -0.15) is 0 Å². The summed E-state index contributed by atoms with van der Waals surface area (Å²) in [5, 5.41) is 2.83. The van der Waals surface area contributed by atoms with Gasteiger partial charge in [-0.15, -0.1) is 11.3 Å². The molecule has 0 spiro atoms. The van der Waals surface area contributed by atoms with Crippen LogP contribution in [0.4, 0.5) is 4.79 Å². The standard InChI is InChI=1S/C18H21NO3S/c1-12(19-17(21)22-18(2,3)4)13-6-5-7-14(10-13)16-9-8-15(11-20)23-16/h5-12H,1-4H3,(H,19,21)/t12-/m1/s1. The number of carbonyl (C=O) groups is 2. The second-order valence-electron chi connectivity index (χ2n) is 6.31. The van der Waals surface area contributed by atoms with Crippen molar-refractivity contribution < 1.29 is 14.3 Å². The minimum absolute atomic E-state index is 0.171. The number of hydrogen-bond donors (Lipinski definition) is 1. The van der Waals surface area contributed by atoms with E-state index in [2.05, 4.69) is 5.32 Å². The van der Waals surface area contributed by atoms with Gasteiger partial charge in [0.25, 0.3) is 0 Å². The molecule has 1 heterocycles. The second kappa shape index (κ2) is 6.96. The SMILES string of the molecule is C[C@@H](NC(=O)OC(C)(C)C)c1cccc(-c2ccc(C=O)s2)c1. The quantitative estimate of drug-likeness (QED) is 0.818. The average Bonchev–Trinajstić information content (AvgIpc) is 2.94. The van der Waals surface area contributed by atoms with E-state index in [9.17, 15) is 9.59 Å². The molecule has 2 rings (SSSR count). The number of carbonyl (C=O) groups excluding carboxylic acids is 2. The monoisotopic (exact) mass is 331 g/mol. The molecular formula is C18H21NO3S. The van der Waals surface area contributed by atoms with E-state index < -0.39 is 11.7 Å². The van der Waals surface area contributed by atoms with Crippen molar-refractivity contribution in [1.29, 1.82) is 0 Å². The first-order valence-electron chi connectivity index (χ1n) is 7.43. The maximum atomic E-state index is 11.9. The van der Waals surface area contributed by atoms with E-state index >= 15 is 0 Å². The molecular weight excluding hydrogens is 310 g/mol. The molecule has 122 valence electrons. The summed E-state index contributed by atoms with van der Waals surface area (Å²) in [5.74, 6) is 0. The topological polar surface area (TPSA) is 55.4 Å². The Morgan fingerprint density at radius 1 is 1.26 bits per heavy atom. The lowest BCUT2D eigenvalue weighted by molar-refractivity contribution is 0.0508. The molecule has 1 aromatic carbocycles. The maximum Gasteiger partial charge on any atom is 0.408 e. The van der Waals surface area contributed by atoms with Gasteiger partial charge in [-0.3, -0.25) is 4.79 Å². The first-order valence-corrected chi connectivity index (χ1v) is 8.25. The fourth-order valence-electron chi connectivity index (χ4n) is 2.10. The number of ether oxygens (including phenoxy) is 1. The van der Waals surface area contributed by atoms with Gasteiger partial charge in [0, 0.05) is 4.88 Å². The molecule has 0 aliphatic carbocycles. The van der Waals surface area contributed by atoms with E-state index in [0.717, 1.165) is 22.3 Å². The molecule has 0 saturated heterocycles. The van der Waals surface area contributed by atoms with Crippen LogP contribution in [0.3, 0.4) is 0 Å². The van der Waals surface area contributed by atoms with Gasteiger partial charge in [0.2, 0.25) is 0 Å². The van der Waals surface area contributed by atoms with Crippen molar-refractivity contribution in [3.8, 4) is 10.4 Å². The van der Waals surface area contributed by atoms with Crippen molar-refractivity contribution in [3.63, 3.8) is 0 Å². The Labute approximate surface area is 140 Å². The number of alkyl carbamates (subject to hydrolysis) is 1. The Hall–Kier alpha value is -2.14. The third-order valence-electron chi connectivity index (χ3n) is 3.15. The van der Waals surface area contributed by atoms with E-state index in [-0.39, 0.29) is 6.04 Å². The Bertz CT molecular complexity index is 700. The fraction of sp³-hybridized carbons (Fsp3) is 0.333. The second-order valence-corrected chi connectivity index (χ2v) is 7.43. The Morgan fingerprint density at radius 2 is 2.00 bits per heavy atom. The summed E-state index contributed by atoms with van der Waals surface area (Å²) in [4.78, 5) is 24.4. The maximum absolute atomic E-state index is 11.9. The molecule has 0 aliphatic rings. The fourth-order valence-corrected chi connectivity index (χ4v) is 2.92. The van der Waals surface area contributed by atoms with Crippen LogP contribution in [-0.2, 0) is 4.74 Å². The van der Waals surface area contributed by atoms with Crippen LogP contribution in [0.1, 0.15) is 49.0 Å². The number of thiophene rings is 1. The number of hydrogen-bond acceptors (Lipinski definition) is 4. The summed E-state index contributed by atoms with van der Waals surface area (Å²) in [5.41, 5.74) is 1.49. The molecule has 5 heteroatoms. The molecule has 0 bridgehead atoms. The van der Waals surface area contributed by atoms with Crippen LogP contribution in [0, 0.1) is 0 Å². The molecule has 2 aromatic rings. The molecule has 23 heavy (non-hydrogen) atoms. The molecule has 1 amide bonds. The highest BCUT2D eigenvalue weighted by Gasteiger charge is 2.18. The van der Waals surface area contributed by atoms with Gasteiger partial charge in [-0.05, 0) is 57.0 Å². The molecule has 4 nitrogen and oxygen atoms in total. The molecule has 1 N–H and O–H groups in total. The number of benzene rings is 1. The van der Waals surface area contributed by atoms with Gasteiger partial charge in [0.1, 0.15) is 5.60 Å². The van der Waals surface area contributed by atoms with Crippen LogP contribution in [0.5, 0.6) is 0 Å². The van der Waals surface area contributed by atoms with Crippen molar-refractivity contribution in [2.75, 3.05) is 0 Å². The summed E-state index contributed by atoms with van der Waals surface area (Å²) < 4.78 is 5.28. The van der Waals surface area contributed by atoms with E-state index in [1.807, 2.05) is 64.1 Å². The number of nitrogens with one attached hydrogen (secondary N) is 1. The molecule has 1 aromatic heterocycles. The Kier molecular flexibility index (Phi) is 5.21. The van der Waals surface area contributed by atoms with Gasteiger partial charge >= 0.3 is 6.09 Å². The van der Waals surface area contributed by atoms with Crippen LogP contribution in [0.2, 0.25) is 0 Å². The van der Waals surface area contributed by atoms with Crippen LogP contribution in [0.15, 0.2) is 36.4 Å².